The van der Waals surface area contributed by atoms with E-state index in [1.54, 1.807) is 24.3 Å². The first-order valence-corrected chi connectivity index (χ1v) is 8.57. The number of nitrogens with one attached hydrogen (secondary N) is 2. The Kier molecular flexibility index (Phi) is 5.02. The van der Waals surface area contributed by atoms with Crippen LogP contribution in [0.4, 0.5) is 17.1 Å². The fourth-order valence-corrected chi connectivity index (χ4v) is 3.12. The highest BCUT2D eigenvalue weighted by atomic mass is 16.2. The maximum absolute atomic E-state index is 12.5. The van der Waals surface area contributed by atoms with Gasteiger partial charge in [-0.2, -0.15) is 0 Å². The van der Waals surface area contributed by atoms with E-state index in [1.165, 1.54) is 6.92 Å². The van der Waals surface area contributed by atoms with Crippen molar-refractivity contribution >= 4 is 34.7 Å². The summed E-state index contributed by atoms with van der Waals surface area (Å²) >= 11 is 0. The summed E-state index contributed by atoms with van der Waals surface area (Å²) in [5.41, 5.74) is 2.86. The van der Waals surface area contributed by atoms with E-state index in [9.17, 15) is 14.4 Å². The highest BCUT2D eigenvalue weighted by molar-refractivity contribution is 6.06. The molecule has 0 spiro atoms. The number of hydrogen-bond donors (Lipinski definition) is 2. The number of carbonyl (C=O) groups is 3. The summed E-state index contributed by atoms with van der Waals surface area (Å²) in [5.74, 6) is -0.467. The van der Waals surface area contributed by atoms with Crippen molar-refractivity contribution in [2.45, 2.75) is 26.3 Å². The zero-order valence-electron chi connectivity index (χ0n) is 14.8. The Hall–Kier alpha value is -3.15. The molecule has 2 amide bonds. The van der Waals surface area contributed by atoms with Crippen molar-refractivity contribution < 1.29 is 14.4 Å². The number of carbonyl (C=O) groups excluding carboxylic acids is 3. The Bertz CT molecular complexity index is 846. The van der Waals surface area contributed by atoms with Crippen LogP contribution in [0.25, 0.3) is 0 Å². The molecule has 2 aromatic carbocycles. The van der Waals surface area contributed by atoms with Gasteiger partial charge in [-0.25, -0.2) is 0 Å². The van der Waals surface area contributed by atoms with Gasteiger partial charge in [0.1, 0.15) is 6.04 Å². The molecule has 2 N–H and O–H groups in total. The van der Waals surface area contributed by atoms with E-state index in [4.69, 9.17) is 0 Å². The third-order valence-corrected chi connectivity index (χ3v) is 4.44. The lowest BCUT2D eigenvalue weighted by Gasteiger charge is -2.37. The molecule has 1 atom stereocenters. The van der Waals surface area contributed by atoms with Crippen LogP contribution in [0.1, 0.15) is 30.6 Å². The maximum Gasteiger partial charge on any atom is 0.247 e. The Morgan fingerprint density at radius 2 is 1.81 bits per heavy atom. The third-order valence-electron chi connectivity index (χ3n) is 4.44. The number of fused-ring (bicyclic) bond motifs is 1. The fourth-order valence-electron chi connectivity index (χ4n) is 3.12. The molecule has 0 fully saturated rings. The second-order valence-electron chi connectivity index (χ2n) is 6.19. The average molecular weight is 351 g/mol. The van der Waals surface area contributed by atoms with Gasteiger partial charge >= 0.3 is 0 Å². The quantitative estimate of drug-likeness (QED) is 0.812. The molecule has 0 aliphatic carbocycles. The number of hydrogen-bond acceptors (Lipinski definition) is 4. The molecule has 1 aliphatic rings. The lowest BCUT2D eigenvalue weighted by atomic mass is 10.0. The molecular formula is C20H21N3O3. The first kappa shape index (κ1) is 17.7. The molecule has 0 aromatic heterocycles. The summed E-state index contributed by atoms with van der Waals surface area (Å²) in [6.07, 6.45) is 0.0441. The van der Waals surface area contributed by atoms with E-state index in [2.05, 4.69) is 10.6 Å². The second kappa shape index (κ2) is 7.39. The van der Waals surface area contributed by atoms with Crippen molar-refractivity contribution in [2.24, 2.45) is 0 Å². The number of Topliss-reactive ketones (excluding diaryl/α,β-unsaturated/α-hetero) is 1. The molecule has 1 aliphatic heterocycles. The predicted octanol–water partition coefficient (Wildman–Crippen LogP) is 3.07. The van der Waals surface area contributed by atoms with Crippen LogP contribution in [-0.4, -0.2) is 30.2 Å². The van der Waals surface area contributed by atoms with Gasteiger partial charge in [-0.05, 0) is 50.2 Å². The molecule has 134 valence electrons. The largest absolute Gasteiger partial charge is 0.358 e. The van der Waals surface area contributed by atoms with E-state index < -0.39 is 6.04 Å². The maximum atomic E-state index is 12.5. The number of para-hydroxylation sites is 2. The molecular weight excluding hydrogens is 330 g/mol. The summed E-state index contributed by atoms with van der Waals surface area (Å²) in [4.78, 5) is 38.1. The van der Waals surface area contributed by atoms with E-state index in [-0.39, 0.29) is 24.0 Å². The zero-order valence-corrected chi connectivity index (χ0v) is 14.8. The first-order chi connectivity index (χ1) is 12.5. The molecule has 0 saturated carbocycles. The van der Waals surface area contributed by atoms with Crippen molar-refractivity contribution in [1.29, 1.82) is 0 Å². The Balaban J connectivity index is 1.72. The van der Waals surface area contributed by atoms with Crippen LogP contribution in [0.5, 0.6) is 0 Å². The SMILES string of the molecule is CCN1c2ccccc2NC(=O)[C@H]1CC(=O)Nc1ccc(C(C)=O)cc1. The number of benzene rings is 2. The molecule has 0 radical (unpaired) electrons. The number of amides is 2. The van der Waals surface area contributed by atoms with Crippen LogP contribution in [0.3, 0.4) is 0 Å². The van der Waals surface area contributed by atoms with Gasteiger partial charge in [0.05, 0.1) is 17.8 Å². The predicted molar refractivity (Wildman–Crippen MR) is 102 cm³/mol. The Labute approximate surface area is 152 Å². The van der Waals surface area contributed by atoms with Gasteiger partial charge in [0.25, 0.3) is 0 Å². The summed E-state index contributed by atoms with van der Waals surface area (Å²) < 4.78 is 0. The van der Waals surface area contributed by atoms with Crippen LogP contribution in [0.2, 0.25) is 0 Å². The summed E-state index contributed by atoms with van der Waals surface area (Å²) in [5, 5.41) is 5.65. The number of anilines is 3. The smallest absolute Gasteiger partial charge is 0.247 e. The normalized spacial score (nSPS) is 15.8. The van der Waals surface area contributed by atoms with Crippen molar-refractivity contribution in [3.8, 4) is 0 Å². The van der Waals surface area contributed by atoms with Crippen molar-refractivity contribution in [1.82, 2.24) is 0 Å². The monoisotopic (exact) mass is 351 g/mol. The third kappa shape index (κ3) is 3.59. The molecule has 0 saturated heterocycles. The highest BCUT2D eigenvalue weighted by Crippen LogP contribution is 2.32. The molecule has 2 aromatic rings. The van der Waals surface area contributed by atoms with E-state index in [0.717, 1.165) is 11.4 Å². The number of ketones is 1. The Morgan fingerprint density at radius 3 is 2.46 bits per heavy atom. The number of nitrogens with zero attached hydrogens (tertiary/aromatic N) is 1. The van der Waals surface area contributed by atoms with Gasteiger partial charge in [0.15, 0.2) is 5.78 Å². The summed E-state index contributed by atoms with van der Waals surface area (Å²) in [7, 11) is 0. The van der Waals surface area contributed by atoms with Gasteiger partial charge < -0.3 is 15.5 Å². The highest BCUT2D eigenvalue weighted by Gasteiger charge is 2.33. The molecule has 1 heterocycles. The van der Waals surface area contributed by atoms with Crippen LogP contribution >= 0.6 is 0 Å². The molecule has 26 heavy (non-hydrogen) atoms. The zero-order chi connectivity index (χ0) is 18.7. The minimum Gasteiger partial charge on any atom is -0.358 e. The molecule has 6 heteroatoms. The van der Waals surface area contributed by atoms with Gasteiger partial charge in [0.2, 0.25) is 11.8 Å². The topological polar surface area (TPSA) is 78.5 Å². The second-order valence-corrected chi connectivity index (χ2v) is 6.19. The van der Waals surface area contributed by atoms with E-state index in [1.807, 2.05) is 36.1 Å². The minimum atomic E-state index is -0.564. The van der Waals surface area contributed by atoms with Crippen molar-refractivity contribution in [3.05, 3.63) is 54.1 Å². The van der Waals surface area contributed by atoms with Crippen molar-refractivity contribution in [3.63, 3.8) is 0 Å². The van der Waals surface area contributed by atoms with Crippen LogP contribution in [0.15, 0.2) is 48.5 Å². The van der Waals surface area contributed by atoms with Crippen LogP contribution in [-0.2, 0) is 9.59 Å². The van der Waals surface area contributed by atoms with Gasteiger partial charge in [-0.15, -0.1) is 0 Å². The van der Waals surface area contributed by atoms with Crippen LogP contribution < -0.4 is 15.5 Å². The first-order valence-electron chi connectivity index (χ1n) is 8.57. The van der Waals surface area contributed by atoms with Gasteiger partial charge in [-0.3, -0.25) is 14.4 Å². The standard InChI is InChI=1S/C20H21N3O3/c1-3-23-17-7-5-4-6-16(17)22-20(26)18(23)12-19(25)21-15-10-8-14(9-11-15)13(2)24/h4-11,18H,3,12H2,1-2H3,(H,21,25)(H,22,26)/t18-/m1/s1. The summed E-state index contributed by atoms with van der Waals surface area (Å²) in [6.45, 7) is 4.07. The lowest BCUT2D eigenvalue weighted by Crippen LogP contribution is -2.49. The minimum absolute atomic E-state index is 0.0287. The molecule has 3 rings (SSSR count). The summed E-state index contributed by atoms with van der Waals surface area (Å²) in [6, 6.07) is 13.7. The molecule has 0 bridgehead atoms. The van der Waals surface area contributed by atoms with E-state index in [0.29, 0.717) is 17.8 Å². The molecule has 0 unspecified atom stereocenters. The van der Waals surface area contributed by atoms with Gasteiger partial charge in [0, 0.05) is 17.8 Å². The van der Waals surface area contributed by atoms with E-state index >= 15 is 0 Å². The van der Waals surface area contributed by atoms with Crippen molar-refractivity contribution in [2.75, 3.05) is 22.1 Å². The molecule has 6 nitrogen and oxygen atoms in total. The average Bonchev–Trinajstić information content (AvgIpc) is 2.62. The van der Waals surface area contributed by atoms with Gasteiger partial charge in [-0.1, -0.05) is 12.1 Å². The number of rotatable bonds is 5. The number of likely N-dealkylation sites (N-methyl/N-ethyl adjacent to an activating group) is 1. The van der Waals surface area contributed by atoms with Crippen LogP contribution in [0, 0.1) is 0 Å². The lowest BCUT2D eigenvalue weighted by molar-refractivity contribution is -0.122. The Morgan fingerprint density at radius 1 is 1.12 bits per heavy atom. The fraction of sp³-hybridized carbons (Fsp3) is 0.250.